The van der Waals surface area contributed by atoms with Crippen LogP contribution < -0.4 is 9.64 Å². The van der Waals surface area contributed by atoms with Gasteiger partial charge in [-0.25, -0.2) is 24.1 Å². The topological polar surface area (TPSA) is 81.6 Å². The van der Waals surface area contributed by atoms with Gasteiger partial charge in [-0.3, -0.25) is 4.79 Å². The average Bonchev–Trinajstić information content (AvgIpc) is 2.91. The fraction of sp³-hybridized carbons (Fsp3) is 0.375. The Morgan fingerprint density at radius 3 is 2.65 bits per heavy atom. The molecule has 0 aliphatic heterocycles. The number of methoxy groups -OCH3 is 1. The summed E-state index contributed by atoms with van der Waals surface area (Å²) in [5.41, 5.74) is -0.374. The highest BCUT2D eigenvalue weighted by Gasteiger charge is 2.27. The number of carbonyl (C=O) groups is 2. The Labute approximate surface area is 158 Å². The number of nitrogens with zero attached hydrogens (tertiary/aromatic N) is 3. The first kappa shape index (κ1) is 20.1. The number of rotatable bonds is 5. The van der Waals surface area contributed by atoms with E-state index in [1.165, 1.54) is 19.4 Å². The van der Waals surface area contributed by atoms with E-state index in [1.54, 1.807) is 20.8 Å². The number of aldehydes is 1. The molecule has 1 amide bonds. The fourth-order valence-corrected chi connectivity index (χ4v) is 2.95. The van der Waals surface area contributed by atoms with E-state index in [-0.39, 0.29) is 27.6 Å². The van der Waals surface area contributed by atoms with E-state index >= 15 is 0 Å². The van der Waals surface area contributed by atoms with Gasteiger partial charge in [0.05, 0.1) is 13.7 Å². The number of hydrogen-bond acceptors (Lipinski definition) is 7. The molecule has 0 radical (unpaired) electrons. The number of halogens is 2. The van der Waals surface area contributed by atoms with Crippen molar-refractivity contribution in [3.63, 3.8) is 0 Å². The number of thiazole rings is 1. The summed E-state index contributed by atoms with van der Waals surface area (Å²) in [6.07, 6.45) is 1.21. The second-order valence-corrected chi connectivity index (χ2v) is 7.54. The van der Waals surface area contributed by atoms with Gasteiger partial charge in [-0.05, 0) is 32.4 Å². The van der Waals surface area contributed by atoms with Gasteiger partial charge in [0.2, 0.25) is 5.88 Å². The lowest BCUT2D eigenvalue weighted by Gasteiger charge is -2.25. The Hall–Kier alpha value is -2.26. The predicted molar refractivity (Wildman–Crippen MR) is 95.7 cm³/mol. The zero-order valence-corrected chi connectivity index (χ0v) is 16.2. The Bertz CT molecular complexity index is 822. The normalized spacial score (nSPS) is 11.2. The molecule has 10 heteroatoms. The molecule has 2 aromatic rings. The molecule has 0 aliphatic rings. The van der Waals surface area contributed by atoms with E-state index in [0.717, 1.165) is 16.2 Å². The van der Waals surface area contributed by atoms with Crippen LogP contribution in [0.1, 0.15) is 36.0 Å². The van der Waals surface area contributed by atoms with Crippen LogP contribution in [-0.4, -0.2) is 35.1 Å². The van der Waals surface area contributed by atoms with Crippen LogP contribution in [0.3, 0.4) is 0 Å². The highest BCUT2D eigenvalue weighted by molar-refractivity contribution is 7.17. The van der Waals surface area contributed by atoms with Crippen LogP contribution in [-0.2, 0) is 11.3 Å². The van der Waals surface area contributed by atoms with Crippen LogP contribution in [0.5, 0.6) is 5.88 Å². The monoisotopic (exact) mass is 401 g/mol. The number of carbonyl (C=O) groups excluding carboxylic acids is 2. The summed E-state index contributed by atoms with van der Waals surface area (Å²) in [7, 11) is 1.30. The lowest BCUT2D eigenvalue weighted by molar-refractivity contribution is 0.0577. The number of pyridine rings is 1. The highest BCUT2D eigenvalue weighted by Crippen LogP contribution is 2.30. The standard InChI is InChI=1S/C16H17ClFN3O4S/c1-16(2,3)25-15(23)21(14-20-12(17)11(8-22)26-14)7-9-5-10(18)13(24-4)19-6-9/h5-6,8H,7H2,1-4H3. The molecule has 0 saturated carbocycles. The van der Waals surface area contributed by atoms with Crippen molar-refractivity contribution in [3.8, 4) is 5.88 Å². The Morgan fingerprint density at radius 2 is 2.15 bits per heavy atom. The van der Waals surface area contributed by atoms with E-state index in [9.17, 15) is 14.0 Å². The molecule has 0 aliphatic carbocycles. The molecule has 0 N–H and O–H groups in total. The number of aromatic nitrogens is 2. The molecular weight excluding hydrogens is 385 g/mol. The van der Waals surface area contributed by atoms with E-state index in [2.05, 4.69) is 9.97 Å². The first-order valence-electron chi connectivity index (χ1n) is 7.45. The van der Waals surface area contributed by atoms with Crippen LogP contribution in [0.15, 0.2) is 12.3 Å². The zero-order valence-electron chi connectivity index (χ0n) is 14.6. The molecule has 0 bridgehead atoms. The Balaban J connectivity index is 2.37. The second-order valence-electron chi connectivity index (χ2n) is 6.17. The number of amides is 1. The van der Waals surface area contributed by atoms with Crippen molar-refractivity contribution in [2.75, 3.05) is 12.0 Å². The Kier molecular flexibility index (Phi) is 6.14. The fourth-order valence-electron chi connectivity index (χ4n) is 1.90. The van der Waals surface area contributed by atoms with Gasteiger partial charge in [0.25, 0.3) is 0 Å². The SMILES string of the molecule is COc1ncc(CN(C(=O)OC(C)(C)C)c2nc(Cl)c(C=O)s2)cc1F. The molecular formula is C16H17ClFN3O4S. The second kappa shape index (κ2) is 7.96. The smallest absolute Gasteiger partial charge is 0.416 e. The molecule has 0 fully saturated rings. The van der Waals surface area contributed by atoms with Crippen LogP contribution in [0.2, 0.25) is 5.15 Å². The summed E-state index contributed by atoms with van der Waals surface area (Å²) >= 11 is 6.82. The molecule has 2 heterocycles. The van der Waals surface area contributed by atoms with Crippen molar-refractivity contribution in [3.05, 3.63) is 33.7 Å². The van der Waals surface area contributed by atoms with Crippen LogP contribution in [0, 0.1) is 5.82 Å². The molecule has 0 saturated heterocycles. The van der Waals surface area contributed by atoms with Gasteiger partial charge in [0, 0.05) is 6.20 Å². The summed E-state index contributed by atoms with van der Waals surface area (Å²) in [5, 5.41) is 0.134. The molecule has 0 unspecified atom stereocenters. The lowest BCUT2D eigenvalue weighted by atomic mass is 10.2. The van der Waals surface area contributed by atoms with Gasteiger partial charge >= 0.3 is 6.09 Å². The van der Waals surface area contributed by atoms with Gasteiger partial charge < -0.3 is 9.47 Å². The highest BCUT2D eigenvalue weighted by atomic mass is 35.5. The Morgan fingerprint density at radius 1 is 1.46 bits per heavy atom. The van der Waals surface area contributed by atoms with Crippen molar-refractivity contribution >= 4 is 40.4 Å². The van der Waals surface area contributed by atoms with E-state index in [1.807, 2.05) is 0 Å². The van der Waals surface area contributed by atoms with E-state index in [4.69, 9.17) is 21.1 Å². The van der Waals surface area contributed by atoms with Crippen LogP contribution in [0.25, 0.3) is 0 Å². The van der Waals surface area contributed by atoms with Gasteiger partial charge in [0.15, 0.2) is 22.4 Å². The molecule has 0 aromatic carbocycles. The molecule has 7 nitrogen and oxygen atoms in total. The minimum Gasteiger partial charge on any atom is -0.479 e. The molecule has 26 heavy (non-hydrogen) atoms. The number of hydrogen-bond donors (Lipinski definition) is 0. The van der Waals surface area contributed by atoms with Crippen LogP contribution >= 0.6 is 22.9 Å². The van der Waals surface area contributed by atoms with Crippen molar-refractivity contribution < 1.29 is 23.5 Å². The maximum atomic E-state index is 13.9. The van der Waals surface area contributed by atoms with Crippen LogP contribution in [0.4, 0.5) is 14.3 Å². The predicted octanol–water partition coefficient (Wildman–Crippen LogP) is 4.09. The minimum absolute atomic E-state index is 0.0207. The maximum Gasteiger partial charge on any atom is 0.416 e. The third-order valence-corrected chi connectivity index (χ3v) is 4.35. The van der Waals surface area contributed by atoms with Gasteiger partial charge in [-0.15, -0.1) is 0 Å². The summed E-state index contributed by atoms with van der Waals surface area (Å²) in [5.74, 6) is -0.821. The van der Waals surface area contributed by atoms with Gasteiger partial charge in [-0.2, -0.15) is 0 Å². The minimum atomic E-state index is -0.757. The molecule has 2 rings (SSSR count). The van der Waals surface area contributed by atoms with E-state index in [0.29, 0.717) is 11.8 Å². The van der Waals surface area contributed by atoms with E-state index < -0.39 is 17.5 Å². The number of ether oxygens (including phenoxy) is 2. The quantitative estimate of drug-likeness (QED) is 0.702. The third kappa shape index (κ3) is 4.89. The average molecular weight is 402 g/mol. The molecule has 0 atom stereocenters. The van der Waals surface area contributed by atoms with Crippen molar-refractivity contribution in [2.45, 2.75) is 32.9 Å². The zero-order chi connectivity index (χ0) is 19.5. The number of anilines is 1. The van der Waals surface area contributed by atoms with Crippen molar-refractivity contribution in [1.29, 1.82) is 0 Å². The summed E-state index contributed by atoms with van der Waals surface area (Å²) in [6.45, 7) is 5.06. The maximum absolute atomic E-state index is 13.9. The summed E-state index contributed by atoms with van der Waals surface area (Å²) in [4.78, 5) is 32.8. The molecule has 2 aromatic heterocycles. The van der Waals surface area contributed by atoms with Gasteiger partial charge in [0.1, 0.15) is 10.5 Å². The molecule has 0 spiro atoms. The lowest BCUT2D eigenvalue weighted by Crippen LogP contribution is -2.36. The third-order valence-electron chi connectivity index (χ3n) is 2.95. The largest absolute Gasteiger partial charge is 0.479 e. The first-order chi connectivity index (χ1) is 12.1. The van der Waals surface area contributed by atoms with Crippen molar-refractivity contribution in [2.24, 2.45) is 0 Å². The summed E-state index contributed by atoms with van der Waals surface area (Å²) < 4.78 is 24.0. The summed E-state index contributed by atoms with van der Waals surface area (Å²) in [6, 6.07) is 1.19. The molecule has 140 valence electrons. The first-order valence-corrected chi connectivity index (χ1v) is 8.64. The van der Waals surface area contributed by atoms with Gasteiger partial charge in [-0.1, -0.05) is 22.9 Å². The van der Waals surface area contributed by atoms with Crippen molar-refractivity contribution in [1.82, 2.24) is 9.97 Å².